The van der Waals surface area contributed by atoms with Crippen LogP contribution in [0.15, 0.2) is 84.9 Å². The molecule has 0 amide bonds. The van der Waals surface area contributed by atoms with Gasteiger partial charge in [-0.25, -0.2) is 0 Å². The molecule has 0 aromatic heterocycles. The molecule has 4 N–H and O–H groups in total. The highest BCUT2D eigenvalue weighted by Gasteiger charge is 2.25. The summed E-state index contributed by atoms with van der Waals surface area (Å²) in [5.41, 5.74) is 19.8. The highest BCUT2D eigenvalue weighted by atomic mass is 35.5. The molecule has 0 radical (unpaired) electrons. The van der Waals surface area contributed by atoms with E-state index >= 15 is 0 Å². The van der Waals surface area contributed by atoms with E-state index in [1.807, 2.05) is 56.3 Å². The highest BCUT2D eigenvalue weighted by Crippen LogP contribution is 2.15. The number of nitrogens with two attached hydrogens (primary N) is 2. The van der Waals surface area contributed by atoms with Crippen molar-refractivity contribution in [1.29, 1.82) is 0 Å². The van der Waals surface area contributed by atoms with Crippen molar-refractivity contribution in [2.24, 2.45) is 11.5 Å². The summed E-state index contributed by atoms with van der Waals surface area (Å²) in [5, 5.41) is 1.46. The lowest BCUT2D eigenvalue weighted by Crippen LogP contribution is -2.47. The fourth-order valence-corrected chi connectivity index (χ4v) is 5.07. The second kappa shape index (κ2) is 15.6. The molecule has 0 aliphatic rings. The minimum atomic E-state index is -0.277. The molecular formula is C32H36B2Cl2N2O3. The van der Waals surface area contributed by atoms with Gasteiger partial charge in [-0.1, -0.05) is 96.0 Å². The topological polar surface area (TPSA) is 79.7 Å². The van der Waals surface area contributed by atoms with Crippen LogP contribution in [0.3, 0.4) is 0 Å². The van der Waals surface area contributed by atoms with Gasteiger partial charge < -0.3 is 25.5 Å². The number of aryl methyl sites for hydroxylation is 2. The van der Waals surface area contributed by atoms with E-state index in [2.05, 4.69) is 42.5 Å². The predicted octanol–water partition coefficient (Wildman–Crippen LogP) is 3.49. The van der Waals surface area contributed by atoms with Crippen LogP contribution < -0.4 is 33.3 Å². The van der Waals surface area contributed by atoms with Gasteiger partial charge in [0.1, 0.15) is 0 Å². The van der Waals surface area contributed by atoms with Gasteiger partial charge in [0.05, 0.1) is 13.2 Å². The average molecular weight is 589 g/mol. The van der Waals surface area contributed by atoms with E-state index in [9.17, 15) is 0 Å². The van der Waals surface area contributed by atoms with Crippen LogP contribution in [-0.2, 0) is 27.3 Å². The molecule has 0 spiro atoms. The van der Waals surface area contributed by atoms with Crippen LogP contribution in [0, 0.1) is 13.8 Å². The zero-order valence-corrected chi connectivity index (χ0v) is 25.1. The molecule has 0 aliphatic heterocycles. The smallest absolute Gasteiger partial charge is 0.362 e. The van der Waals surface area contributed by atoms with Crippen LogP contribution in [0.5, 0.6) is 0 Å². The van der Waals surface area contributed by atoms with Crippen molar-refractivity contribution in [3.05, 3.63) is 117 Å². The highest BCUT2D eigenvalue weighted by molar-refractivity contribution is 6.80. The molecule has 41 heavy (non-hydrogen) atoms. The van der Waals surface area contributed by atoms with E-state index in [1.165, 1.54) is 0 Å². The van der Waals surface area contributed by atoms with Crippen LogP contribution in [0.1, 0.15) is 22.3 Å². The Morgan fingerprint density at radius 3 is 1.85 bits per heavy atom. The Kier molecular flexibility index (Phi) is 11.9. The number of hydrogen-bond acceptors (Lipinski definition) is 5. The third-order valence-electron chi connectivity index (χ3n) is 6.89. The maximum atomic E-state index is 6.30. The molecule has 0 saturated heterocycles. The molecule has 0 bridgehead atoms. The summed E-state index contributed by atoms with van der Waals surface area (Å²) in [7, 11) is 0. The van der Waals surface area contributed by atoms with Gasteiger partial charge in [-0.15, -0.1) is 0 Å². The fraction of sp³-hybridized carbons (Fsp3) is 0.250. The van der Waals surface area contributed by atoms with Crippen molar-refractivity contribution in [3.8, 4) is 0 Å². The summed E-state index contributed by atoms with van der Waals surface area (Å²) < 4.78 is 18.7. The normalized spacial score (nSPS) is 11.1. The minimum Gasteiger partial charge on any atom is -0.426 e. The maximum absolute atomic E-state index is 6.30. The van der Waals surface area contributed by atoms with Crippen molar-refractivity contribution in [2.75, 3.05) is 26.3 Å². The van der Waals surface area contributed by atoms with Gasteiger partial charge in [0, 0.05) is 36.3 Å². The first-order chi connectivity index (χ1) is 19.9. The Balaban J connectivity index is 1.52. The summed E-state index contributed by atoms with van der Waals surface area (Å²) >= 11 is 12.6. The largest absolute Gasteiger partial charge is 0.426 e. The van der Waals surface area contributed by atoms with E-state index in [0.717, 1.165) is 54.2 Å². The van der Waals surface area contributed by atoms with Crippen molar-refractivity contribution in [3.63, 3.8) is 0 Å². The lowest BCUT2D eigenvalue weighted by molar-refractivity contribution is 0.107. The monoisotopic (exact) mass is 588 g/mol. The van der Waals surface area contributed by atoms with Gasteiger partial charge in [0.2, 0.25) is 0 Å². The maximum Gasteiger partial charge on any atom is 0.362 e. The number of hydrogen-bond donors (Lipinski definition) is 2. The van der Waals surface area contributed by atoms with Gasteiger partial charge >= 0.3 is 13.8 Å². The number of ether oxygens (including phenoxy) is 1. The van der Waals surface area contributed by atoms with Gasteiger partial charge in [-0.2, -0.15) is 0 Å². The van der Waals surface area contributed by atoms with Crippen LogP contribution in [0.4, 0.5) is 0 Å². The fourth-order valence-electron chi connectivity index (χ4n) is 4.83. The van der Waals surface area contributed by atoms with Crippen molar-refractivity contribution >= 4 is 58.9 Å². The lowest BCUT2D eigenvalue weighted by atomic mass is 9.54. The molecule has 0 heterocycles. The average Bonchev–Trinajstić information content (AvgIpc) is 2.98. The first-order valence-electron chi connectivity index (χ1n) is 13.8. The molecule has 4 rings (SSSR count). The quantitative estimate of drug-likeness (QED) is 0.221. The second-order valence-corrected chi connectivity index (χ2v) is 10.8. The van der Waals surface area contributed by atoms with Gasteiger partial charge in [0.15, 0.2) is 0 Å². The molecule has 5 nitrogen and oxygen atoms in total. The Hall–Kier alpha value is -2.61. The molecule has 4 aromatic rings. The number of rotatable bonds is 14. The Bertz CT molecular complexity index is 1440. The van der Waals surface area contributed by atoms with Gasteiger partial charge in [0.25, 0.3) is 0 Å². The molecule has 4 aromatic carbocycles. The van der Waals surface area contributed by atoms with Crippen LogP contribution >= 0.6 is 23.2 Å². The summed E-state index contributed by atoms with van der Waals surface area (Å²) in [6.07, 6.45) is 0. The van der Waals surface area contributed by atoms with Gasteiger partial charge in [-0.3, -0.25) is 0 Å². The number of benzene rings is 4. The molecule has 9 heteroatoms. The molecule has 0 atom stereocenters. The van der Waals surface area contributed by atoms with E-state index < -0.39 is 0 Å². The zero-order valence-electron chi connectivity index (χ0n) is 23.6. The SMILES string of the molecule is Cc1cc(B(OCCN)c2cccc(COCc3ccccc3B(OCCN)c3ccc(Cl)c(C)c3)c2)ccc1Cl. The standard InChI is InChI=1S/C32H36B2Cl2N2O3/c1-23-18-28(10-12-31(23)35)33(40-16-14-37)27-8-5-6-25(20-27)21-39-22-26-7-3-4-9-30(26)34(41-17-15-38)29-11-13-32(36)24(2)19-29/h3-13,18-20H,14-17,21-22,37-38H2,1-2H3. The number of halogens is 2. The Labute approximate surface area is 254 Å². The van der Waals surface area contributed by atoms with Crippen molar-refractivity contribution in [2.45, 2.75) is 27.1 Å². The Morgan fingerprint density at radius 1 is 0.634 bits per heavy atom. The molecule has 0 fully saturated rings. The summed E-state index contributed by atoms with van der Waals surface area (Å²) in [4.78, 5) is 0. The molecule has 212 valence electrons. The summed E-state index contributed by atoms with van der Waals surface area (Å²) in [6.45, 7) is 6.10. The van der Waals surface area contributed by atoms with Gasteiger partial charge in [-0.05, 0) is 70.1 Å². The first-order valence-corrected chi connectivity index (χ1v) is 14.6. The lowest BCUT2D eigenvalue weighted by Gasteiger charge is -2.19. The predicted molar refractivity (Wildman–Crippen MR) is 174 cm³/mol. The molecule has 0 unspecified atom stereocenters. The second-order valence-electron chi connectivity index (χ2n) is 10.0. The van der Waals surface area contributed by atoms with Crippen LogP contribution in [0.25, 0.3) is 0 Å². The van der Waals surface area contributed by atoms with E-state index in [0.29, 0.717) is 39.5 Å². The van der Waals surface area contributed by atoms with Crippen molar-refractivity contribution < 1.29 is 14.0 Å². The van der Waals surface area contributed by atoms with E-state index in [1.54, 1.807) is 0 Å². The summed E-state index contributed by atoms with van der Waals surface area (Å²) in [5.74, 6) is 0. The van der Waals surface area contributed by atoms with E-state index in [4.69, 9.17) is 48.7 Å². The zero-order chi connectivity index (χ0) is 29.2. The third-order valence-corrected chi connectivity index (χ3v) is 7.74. The molecule has 0 saturated carbocycles. The Morgan fingerprint density at radius 2 is 1.22 bits per heavy atom. The summed E-state index contributed by atoms with van der Waals surface area (Å²) in [6, 6.07) is 28.4. The van der Waals surface area contributed by atoms with Crippen LogP contribution in [0.2, 0.25) is 10.0 Å². The molecule has 0 aliphatic carbocycles. The van der Waals surface area contributed by atoms with Crippen LogP contribution in [-0.4, -0.2) is 40.1 Å². The third kappa shape index (κ3) is 8.46. The van der Waals surface area contributed by atoms with E-state index in [-0.39, 0.29) is 13.8 Å². The molecular weight excluding hydrogens is 553 g/mol. The minimum absolute atomic E-state index is 0.251. The van der Waals surface area contributed by atoms with Crippen molar-refractivity contribution in [1.82, 2.24) is 0 Å². The first kappa shape index (κ1) is 31.3.